The summed E-state index contributed by atoms with van der Waals surface area (Å²) in [5, 5.41) is 15.5. The number of ether oxygens (including phenoxy) is 1. The molecule has 6 heteroatoms. The normalized spacial score (nSPS) is 32.8. The quantitative estimate of drug-likeness (QED) is 0.733. The highest BCUT2D eigenvalue weighted by Crippen LogP contribution is 2.36. The highest BCUT2D eigenvalue weighted by atomic mass is 16.6. The van der Waals surface area contributed by atoms with Crippen LogP contribution < -0.4 is 10.6 Å². The summed E-state index contributed by atoms with van der Waals surface area (Å²) in [5.74, 6) is -0.887. The molecule has 20 heavy (non-hydrogen) atoms. The van der Waals surface area contributed by atoms with Crippen LogP contribution in [0.5, 0.6) is 0 Å². The van der Waals surface area contributed by atoms with Gasteiger partial charge < -0.3 is 20.5 Å². The van der Waals surface area contributed by atoms with Crippen LogP contribution >= 0.6 is 0 Å². The van der Waals surface area contributed by atoms with Gasteiger partial charge in [-0.25, -0.2) is 4.79 Å². The molecule has 0 aliphatic carbocycles. The van der Waals surface area contributed by atoms with Crippen LogP contribution in [-0.4, -0.2) is 40.4 Å². The molecule has 3 N–H and O–H groups in total. The van der Waals surface area contributed by atoms with Crippen molar-refractivity contribution in [2.75, 3.05) is 0 Å². The maximum Gasteiger partial charge on any atom is 0.408 e. The minimum atomic E-state index is -0.887. The Morgan fingerprint density at radius 1 is 1.30 bits per heavy atom. The average Bonchev–Trinajstić information content (AvgIpc) is 2.53. The van der Waals surface area contributed by atoms with Crippen molar-refractivity contribution in [2.24, 2.45) is 0 Å². The lowest BCUT2D eigenvalue weighted by Gasteiger charge is -2.41. The second-order valence-corrected chi connectivity index (χ2v) is 7.02. The molecule has 0 aromatic rings. The van der Waals surface area contributed by atoms with Gasteiger partial charge in [0, 0.05) is 12.1 Å². The van der Waals surface area contributed by atoms with Crippen LogP contribution in [0.1, 0.15) is 52.9 Å². The fourth-order valence-electron chi connectivity index (χ4n) is 3.35. The molecule has 0 radical (unpaired) electrons. The van der Waals surface area contributed by atoms with Gasteiger partial charge in [0.2, 0.25) is 0 Å². The molecule has 1 amide bonds. The summed E-state index contributed by atoms with van der Waals surface area (Å²) in [7, 11) is 0. The molecule has 2 heterocycles. The van der Waals surface area contributed by atoms with E-state index in [1.54, 1.807) is 20.8 Å². The zero-order valence-corrected chi connectivity index (χ0v) is 12.4. The maximum atomic E-state index is 12.0. The number of carboxylic acids is 1. The van der Waals surface area contributed by atoms with E-state index in [9.17, 15) is 9.59 Å². The molecule has 6 nitrogen and oxygen atoms in total. The monoisotopic (exact) mass is 284 g/mol. The highest BCUT2D eigenvalue weighted by Gasteiger charge is 2.46. The van der Waals surface area contributed by atoms with E-state index in [0.29, 0.717) is 24.9 Å². The molecule has 2 fully saturated rings. The van der Waals surface area contributed by atoms with Gasteiger partial charge in [0.15, 0.2) is 0 Å². The molecule has 2 unspecified atom stereocenters. The molecule has 2 rings (SSSR count). The molecule has 0 aromatic carbocycles. The predicted octanol–water partition coefficient (Wildman–Crippen LogP) is 1.64. The predicted molar refractivity (Wildman–Crippen MR) is 73.5 cm³/mol. The number of carboxylic acid groups (broad SMARTS) is 1. The molecule has 2 saturated heterocycles. The second kappa shape index (κ2) is 5.24. The zero-order valence-electron chi connectivity index (χ0n) is 12.4. The van der Waals surface area contributed by atoms with E-state index < -0.39 is 23.2 Å². The van der Waals surface area contributed by atoms with Crippen molar-refractivity contribution in [3.05, 3.63) is 0 Å². The van der Waals surface area contributed by atoms with Crippen LogP contribution in [0.25, 0.3) is 0 Å². The third kappa shape index (κ3) is 3.85. The summed E-state index contributed by atoms with van der Waals surface area (Å²) in [5.41, 5.74) is -1.27. The third-order valence-corrected chi connectivity index (χ3v) is 3.86. The standard InChI is InChI=1S/C14H24N2O4/c1-13(2,3)20-12(19)16-14(8-11(17)18)6-9-4-5-10(7-14)15-9/h9-10,15H,4-8H2,1-3H3,(H,16,19)(H,17,18). The van der Waals surface area contributed by atoms with Crippen molar-refractivity contribution in [2.45, 2.75) is 76.1 Å². The largest absolute Gasteiger partial charge is 0.481 e. The van der Waals surface area contributed by atoms with E-state index in [2.05, 4.69) is 10.6 Å². The van der Waals surface area contributed by atoms with Gasteiger partial charge in [-0.15, -0.1) is 0 Å². The Labute approximate surface area is 119 Å². The molecule has 2 atom stereocenters. The number of amides is 1. The zero-order chi connectivity index (χ0) is 15.0. The van der Waals surface area contributed by atoms with Crippen molar-refractivity contribution in [3.8, 4) is 0 Å². The van der Waals surface area contributed by atoms with Gasteiger partial charge in [-0.3, -0.25) is 4.79 Å². The number of piperidine rings is 1. The van der Waals surface area contributed by atoms with Gasteiger partial charge in [-0.05, 0) is 46.5 Å². The lowest BCUT2D eigenvalue weighted by Crippen LogP contribution is -2.59. The molecular formula is C14H24N2O4. The lowest BCUT2D eigenvalue weighted by atomic mass is 9.81. The highest BCUT2D eigenvalue weighted by molar-refractivity contribution is 5.73. The number of hydrogen-bond donors (Lipinski definition) is 3. The Morgan fingerprint density at radius 3 is 2.30 bits per heavy atom. The number of carbonyl (C=O) groups is 2. The summed E-state index contributed by atoms with van der Waals surface area (Å²) in [6, 6.07) is 0.589. The number of aliphatic carboxylic acids is 1. The van der Waals surface area contributed by atoms with E-state index in [1.165, 1.54) is 0 Å². The Hall–Kier alpha value is -1.30. The topological polar surface area (TPSA) is 87.7 Å². The summed E-state index contributed by atoms with van der Waals surface area (Å²) in [4.78, 5) is 23.2. The van der Waals surface area contributed by atoms with Crippen molar-refractivity contribution in [1.82, 2.24) is 10.6 Å². The first-order valence-electron chi connectivity index (χ1n) is 7.16. The summed E-state index contributed by atoms with van der Waals surface area (Å²) in [6.07, 6.45) is 2.80. The Kier molecular flexibility index (Phi) is 3.95. The molecule has 2 aliphatic rings. The fraction of sp³-hybridized carbons (Fsp3) is 0.857. The van der Waals surface area contributed by atoms with E-state index in [1.807, 2.05) is 0 Å². The SMILES string of the molecule is CC(C)(C)OC(=O)NC1(CC(=O)O)CC2CCC(C1)N2. The van der Waals surface area contributed by atoms with Gasteiger partial charge in [-0.2, -0.15) is 0 Å². The third-order valence-electron chi connectivity index (χ3n) is 3.86. The van der Waals surface area contributed by atoms with E-state index in [4.69, 9.17) is 9.84 Å². The fourth-order valence-corrected chi connectivity index (χ4v) is 3.35. The van der Waals surface area contributed by atoms with Crippen molar-refractivity contribution in [1.29, 1.82) is 0 Å². The van der Waals surface area contributed by atoms with E-state index in [0.717, 1.165) is 12.8 Å². The molecule has 2 bridgehead atoms. The number of alkyl carbamates (subject to hydrolysis) is 1. The number of nitrogens with one attached hydrogen (secondary N) is 2. The Balaban J connectivity index is 2.08. The molecule has 2 aliphatic heterocycles. The minimum absolute atomic E-state index is 0.0546. The van der Waals surface area contributed by atoms with Crippen LogP contribution in [0.2, 0.25) is 0 Å². The van der Waals surface area contributed by atoms with Gasteiger partial charge in [0.05, 0.1) is 12.0 Å². The molecule has 0 aromatic heterocycles. The first-order valence-corrected chi connectivity index (χ1v) is 7.16. The van der Waals surface area contributed by atoms with Crippen LogP contribution in [-0.2, 0) is 9.53 Å². The average molecular weight is 284 g/mol. The molecule has 0 spiro atoms. The first-order chi connectivity index (χ1) is 9.17. The van der Waals surface area contributed by atoms with E-state index in [-0.39, 0.29) is 6.42 Å². The van der Waals surface area contributed by atoms with Crippen LogP contribution in [0, 0.1) is 0 Å². The molecule has 114 valence electrons. The summed E-state index contributed by atoms with van der Waals surface area (Å²) < 4.78 is 5.27. The van der Waals surface area contributed by atoms with Crippen LogP contribution in [0.15, 0.2) is 0 Å². The number of rotatable bonds is 3. The van der Waals surface area contributed by atoms with Crippen LogP contribution in [0.3, 0.4) is 0 Å². The van der Waals surface area contributed by atoms with Gasteiger partial charge in [0.25, 0.3) is 0 Å². The lowest BCUT2D eigenvalue weighted by molar-refractivity contribution is -0.139. The number of hydrogen-bond acceptors (Lipinski definition) is 4. The Bertz CT molecular complexity index is 390. The Morgan fingerprint density at radius 2 is 1.85 bits per heavy atom. The first kappa shape index (κ1) is 15.1. The second-order valence-electron chi connectivity index (χ2n) is 7.02. The van der Waals surface area contributed by atoms with Crippen LogP contribution in [0.4, 0.5) is 4.79 Å². The number of fused-ring (bicyclic) bond motifs is 2. The number of carbonyl (C=O) groups excluding carboxylic acids is 1. The van der Waals surface area contributed by atoms with Gasteiger partial charge in [-0.1, -0.05) is 0 Å². The van der Waals surface area contributed by atoms with Crippen molar-refractivity contribution < 1.29 is 19.4 Å². The van der Waals surface area contributed by atoms with Gasteiger partial charge in [0.1, 0.15) is 5.60 Å². The molecular weight excluding hydrogens is 260 g/mol. The van der Waals surface area contributed by atoms with E-state index >= 15 is 0 Å². The summed E-state index contributed by atoms with van der Waals surface area (Å²) in [6.45, 7) is 5.38. The van der Waals surface area contributed by atoms with Crippen molar-refractivity contribution >= 4 is 12.1 Å². The van der Waals surface area contributed by atoms with Gasteiger partial charge >= 0.3 is 12.1 Å². The van der Waals surface area contributed by atoms with Crippen molar-refractivity contribution in [3.63, 3.8) is 0 Å². The minimum Gasteiger partial charge on any atom is -0.481 e. The maximum absolute atomic E-state index is 12.0. The molecule has 0 saturated carbocycles. The summed E-state index contributed by atoms with van der Waals surface area (Å²) >= 11 is 0. The smallest absolute Gasteiger partial charge is 0.408 e.